The van der Waals surface area contributed by atoms with Crippen LogP contribution in [0.25, 0.3) is 11.1 Å². The van der Waals surface area contributed by atoms with Gasteiger partial charge in [0, 0.05) is 18.7 Å². The number of benzene rings is 2. The fourth-order valence-electron chi connectivity index (χ4n) is 3.34. The first kappa shape index (κ1) is 20.7. The van der Waals surface area contributed by atoms with E-state index < -0.39 is 5.91 Å². The number of nitrogens with zero attached hydrogens (tertiary/aromatic N) is 1. The molecule has 29 heavy (non-hydrogen) atoms. The summed E-state index contributed by atoms with van der Waals surface area (Å²) < 4.78 is 11.2. The molecule has 0 aliphatic carbocycles. The van der Waals surface area contributed by atoms with Gasteiger partial charge in [-0.15, -0.1) is 0 Å². The van der Waals surface area contributed by atoms with E-state index >= 15 is 0 Å². The standard InChI is InChI=1S/C23H28N2O4/c1-16(2)29-23(27)25-13-11-17(12-14-25)15-28-21-9-7-19(8-10-21)18-3-5-20(6-4-18)22(24)26/h3-10,16-17H,11-15H2,1-2H3,(H2,24,26). The molecule has 0 aromatic heterocycles. The molecule has 1 saturated heterocycles. The first-order chi connectivity index (χ1) is 13.9. The summed E-state index contributed by atoms with van der Waals surface area (Å²) in [7, 11) is 0. The summed E-state index contributed by atoms with van der Waals surface area (Å²) in [5.41, 5.74) is 7.84. The molecule has 1 heterocycles. The molecule has 0 unspecified atom stereocenters. The van der Waals surface area contributed by atoms with E-state index in [4.69, 9.17) is 15.2 Å². The Morgan fingerprint density at radius 2 is 1.55 bits per heavy atom. The highest BCUT2D eigenvalue weighted by atomic mass is 16.6. The van der Waals surface area contributed by atoms with Crippen molar-refractivity contribution in [1.82, 2.24) is 4.90 Å². The van der Waals surface area contributed by atoms with Crippen LogP contribution in [0.2, 0.25) is 0 Å². The van der Waals surface area contributed by atoms with E-state index in [0.717, 1.165) is 29.7 Å². The van der Waals surface area contributed by atoms with Crippen molar-refractivity contribution in [3.8, 4) is 16.9 Å². The van der Waals surface area contributed by atoms with E-state index in [1.807, 2.05) is 50.2 Å². The third kappa shape index (κ3) is 5.73. The van der Waals surface area contributed by atoms with Crippen LogP contribution in [-0.4, -0.2) is 42.7 Å². The normalized spacial score (nSPS) is 14.7. The second kappa shape index (κ2) is 9.45. The van der Waals surface area contributed by atoms with E-state index in [2.05, 4.69) is 0 Å². The lowest BCUT2D eigenvalue weighted by Crippen LogP contribution is -2.40. The second-order valence-electron chi connectivity index (χ2n) is 7.64. The zero-order valence-electron chi connectivity index (χ0n) is 17.0. The Bertz CT molecular complexity index is 823. The molecule has 0 bridgehead atoms. The van der Waals surface area contributed by atoms with Crippen molar-refractivity contribution in [3.63, 3.8) is 0 Å². The number of nitrogens with two attached hydrogens (primary N) is 1. The number of hydrogen-bond acceptors (Lipinski definition) is 4. The van der Waals surface area contributed by atoms with Gasteiger partial charge in [-0.05, 0) is 68.0 Å². The van der Waals surface area contributed by atoms with E-state index in [9.17, 15) is 9.59 Å². The molecule has 2 N–H and O–H groups in total. The van der Waals surface area contributed by atoms with Crippen LogP contribution in [0.15, 0.2) is 48.5 Å². The van der Waals surface area contributed by atoms with Crippen molar-refractivity contribution in [2.45, 2.75) is 32.8 Å². The maximum atomic E-state index is 11.9. The third-order valence-corrected chi connectivity index (χ3v) is 5.05. The minimum atomic E-state index is -0.428. The Kier molecular flexibility index (Phi) is 6.75. The maximum Gasteiger partial charge on any atom is 0.410 e. The number of carbonyl (C=O) groups excluding carboxylic acids is 2. The van der Waals surface area contributed by atoms with Crippen LogP contribution in [0.4, 0.5) is 4.79 Å². The van der Waals surface area contributed by atoms with Crippen molar-refractivity contribution in [2.24, 2.45) is 11.7 Å². The summed E-state index contributed by atoms with van der Waals surface area (Å²) in [6.45, 7) is 5.78. The Hall–Kier alpha value is -3.02. The highest BCUT2D eigenvalue weighted by Crippen LogP contribution is 2.24. The lowest BCUT2D eigenvalue weighted by Gasteiger charge is -2.31. The predicted octanol–water partition coefficient (Wildman–Crippen LogP) is 4.09. The number of hydrogen-bond donors (Lipinski definition) is 1. The highest BCUT2D eigenvalue weighted by molar-refractivity contribution is 5.93. The fraction of sp³-hybridized carbons (Fsp3) is 0.391. The van der Waals surface area contributed by atoms with E-state index in [1.54, 1.807) is 17.0 Å². The molecule has 0 saturated carbocycles. The number of rotatable bonds is 6. The molecule has 2 amide bonds. The fourth-order valence-corrected chi connectivity index (χ4v) is 3.34. The van der Waals surface area contributed by atoms with Gasteiger partial charge in [0.25, 0.3) is 0 Å². The van der Waals surface area contributed by atoms with Gasteiger partial charge in [0.05, 0.1) is 12.7 Å². The Labute approximate surface area is 171 Å². The van der Waals surface area contributed by atoms with Crippen LogP contribution < -0.4 is 10.5 Å². The van der Waals surface area contributed by atoms with Gasteiger partial charge in [-0.1, -0.05) is 24.3 Å². The van der Waals surface area contributed by atoms with Gasteiger partial charge in [0.2, 0.25) is 5.91 Å². The van der Waals surface area contributed by atoms with Crippen LogP contribution in [-0.2, 0) is 4.74 Å². The predicted molar refractivity (Wildman–Crippen MR) is 112 cm³/mol. The number of likely N-dealkylation sites (tertiary alicyclic amines) is 1. The van der Waals surface area contributed by atoms with Crippen LogP contribution in [0, 0.1) is 5.92 Å². The summed E-state index contributed by atoms with van der Waals surface area (Å²) in [4.78, 5) is 24.9. The van der Waals surface area contributed by atoms with E-state index in [0.29, 0.717) is 31.2 Å². The van der Waals surface area contributed by atoms with Gasteiger partial charge >= 0.3 is 6.09 Å². The monoisotopic (exact) mass is 396 g/mol. The van der Waals surface area contributed by atoms with Crippen LogP contribution in [0.1, 0.15) is 37.0 Å². The number of piperidine rings is 1. The van der Waals surface area contributed by atoms with Crippen molar-refractivity contribution in [1.29, 1.82) is 0 Å². The summed E-state index contributed by atoms with van der Waals surface area (Å²) in [6.07, 6.45) is 1.51. The topological polar surface area (TPSA) is 81.9 Å². The summed E-state index contributed by atoms with van der Waals surface area (Å²) in [6, 6.07) is 15.1. The lowest BCUT2D eigenvalue weighted by molar-refractivity contribution is 0.0608. The molecule has 6 nitrogen and oxygen atoms in total. The molecule has 3 rings (SSSR count). The molecule has 1 aliphatic heterocycles. The average Bonchev–Trinajstić information content (AvgIpc) is 2.72. The Morgan fingerprint density at radius 3 is 2.07 bits per heavy atom. The molecule has 2 aromatic carbocycles. The first-order valence-corrected chi connectivity index (χ1v) is 10.0. The lowest BCUT2D eigenvalue weighted by atomic mass is 9.98. The Balaban J connectivity index is 1.47. The summed E-state index contributed by atoms with van der Waals surface area (Å²) >= 11 is 0. The van der Waals surface area contributed by atoms with Gasteiger partial charge in [-0.2, -0.15) is 0 Å². The summed E-state index contributed by atoms with van der Waals surface area (Å²) in [5.74, 6) is 0.825. The molecule has 2 aromatic rings. The minimum absolute atomic E-state index is 0.0902. The largest absolute Gasteiger partial charge is 0.493 e. The van der Waals surface area contributed by atoms with Crippen molar-refractivity contribution >= 4 is 12.0 Å². The minimum Gasteiger partial charge on any atom is -0.493 e. The van der Waals surface area contributed by atoms with Crippen LogP contribution in [0.5, 0.6) is 5.75 Å². The zero-order chi connectivity index (χ0) is 20.8. The molecule has 0 atom stereocenters. The number of ether oxygens (including phenoxy) is 2. The summed E-state index contributed by atoms with van der Waals surface area (Å²) in [5, 5.41) is 0. The zero-order valence-corrected chi connectivity index (χ0v) is 17.0. The second-order valence-corrected chi connectivity index (χ2v) is 7.64. The molecule has 0 spiro atoms. The molecule has 1 fully saturated rings. The van der Waals surface area contributed by atoms with Crippen molar-refractivity contribution in [3.05, 3.63) is 54.1 Å². The maximum absolute atomic E-state index is 11.9. The Morgan fingerprint density at radius 1 is 1.00 bits per heavy atom. The molecular formula is C23H28N2O4. The van der Waals surface area contributed by atoms with Gasteiger partial charge in [0.1, 0.15) is 5.75 Å². The first-order valence-electron chi connectivity index (χ1n) is 10.0. The number of primary amides is 1. The van der Waals surface area contributed by atoms with Crippen molar-refractivity contribution in [2.75, 3.05) is 19.7 Å². The van der Waals surface area contributed by atoms with Gasteiger partial charge in [0.15, 0.2) is 0 Å². The van der Waals surface area contributed by atoms with Gasteiger partial charge in [-0.3, -0.25) is 4.79 Å². The molecular weight excluding hydrogens is 368 g/mol. The van der Waals surface area contributed by atoms with Crippen LogP contribution in [0.3, 0.4) is 0 Å². The molecule has 6 heteroatoms. The van der Waals surface area contributed by atoms with Gasteiger partial charge in [-0.25, -0.2) is 4.79 Å². The molecule has 1 aliphatic rings. The molecule has 154 valence electrons. The smallest absolute Gasteiger partial charge is 0.410 e. The molecule has 0 radical (unpaired) electrons. The SMILES string of the molecule is CC(C)OC(=O)N1CCC(COc2ccc(-c3ccc(C(N)=O)cc3)cc2)CC1. The van der Waals surface area contributed by atoms with Crippen LogP contribution >= 0.6 is 0 Å². The van der Waals surface area contributed by atoms with E-state index in [-0.39, 0.29) is 12.2 Å². The number of carbonyl (C=O) groups is 2. The van der Waals surface area contributed by atoms with Gasteiger partial charge < -0.3 is 20.1 Å². The quantitative estimate of drug-likeness (QED) is 0.797. The average molecular weight is 396 g/mol. The van der Waals surface area contributed by atoms with Crippen molar-refractivity contribution < 1.29 is 19.1 Å². The number of amides is 2. The van der Waals surface area contributed by atoms with E-state index in [1.165, 1.54) is 0 Å². The third-order valence-electron chi connectivity index (χ3n) is 5.05. The highest BCUT2D eigenvalue weighted by Gasteiger charge is 2.24.